The van der Waals surface area contributed by atoms with Crippen molar-refractivity contribution >= 4 is 17.6 Å². The lowest BCUT2D eigenvalue weighted by Crippen LogP contribution is -2.31. The summed E-state index contributed by atoms with van der Waals surface area (Å²) in [6.45, 7) is 7.52. The van der Waals surface area contributed by atoms with E-state index in [9.17, 15) is 9.59 Å². The second-order valence-electron chi connectivity index (χ2n) is 8.28. The number of nitrogens with zero attached hydrogens (tertiary/aromatic N) is 2. The fraction of sp³-hybridized carbons (Fsp3) is 0.409. The summed E-state index contributed by atoms with van der Waals surface area (Å²) in [6, 6.07) is 11.3. The van der Waals surface area contributed by atoms with Crippen LogP contribution in [0.1, 0.15) is 56.5 Å². The molecule has 1 amide bonds. The smallest absolute Gasteiger partial charge is 0.306 e. The van der Waals surface area contributed by atoms with Crippen LogP contribution in [0.25, 0.3) is 0 Å². The molecule has 0 bridgehead atoms. The standard InChI is InChI=1S/C22H26N2O4/c1-15-7-9-16(10-8-15)17-12-18(19-6-5-11-27-19)24(23-17)20(25)14-28-21(26)13-22(2,3)4/h5-11,18H,12-14H2,1-4H3/t18-/m1/s1. The van der Waals surface area contributed by atoms with Crippen LogP contribution in [0.3, 0.4) is 0 Å². The summed E-state index contributed by atoms with van der Waals surface area (Å²) in [5.74, 6) is -0.108. The summed E-state index contributed by atoms with van der Waals surface area (Å²) in [4.78, 5) is 24.7. The normalized spacial score (nSPS) is 16.8. The predicted octanol–water partition coefficient (Wildman–Crippen LogP) is 4.25. The Morgan fingerprint density at radius 3 is 2.54 bits per heavy atom. The number of carbonyl (C=O) groups is 2. The van der Waals surface area contributed by atoms with Crippen LogP contribution in [0.5, 0.6) is 0 Å². The van der Waals surface area contributed by atoms with E-state index in [2.05, 4.69) is 5.10 Å². The van der Waals surface area contributed by atoms with Gasteiger partial charge < -0.3 is 9.15 Å². The minimum atomic E-state index is -0.391. The van der Waals surface area contributed by atoms with Crippen LogP contribution in [0.2, 0.25) is 0 Å². The lowest BCUT2D eigenvalue weighted by Gasteiger charge is -2.20. The van der Waals surface area contributed by atoms with Gasteiger partial charge in [-0.3, -0.25) is 9.59 Å². The Kier molecular flexibility index (Phi) is 5.68. The molecule has 0 saturated heterocycles. The zero-order valence-electron chi connectivity index (χ0n) is 16.8. The molecule has 28 heavy (non-hydrogen) atoms. The fourth-order valence-corrected chi connectivity index (χ4v) is 3.06. The van der Waals surface area contributed by atoms with Crippen LogP contribution in [-0.2, 0) is 14.3 Å². The van der Waals surface area contributed by atoms with Gasteiger partial charge in [-0.1, -0.05) is 50.6 Å². The van der Waals surface area contributed by atoms with Gasteiger partial charge in [0.15, 0.2) is 6.61 Å². The van der Waals surface area contributed by atoms with Gasteiger partial charge in [-0.15, -0.1) is 0 Å². The first-order valence-corrected chi connectivity index (χ1v) is 9.38. The number of hydrazone groups is 1. The number of hydrogen-bond donors (Lipinski definition) is 0. The SMILES string of the molecule is Cc1ccc(C2=NN(C(=O)COC(=O)CC(C)(C)C)[C@@H](c3ccco3)C2)cc1. The number of benzene rings is 1. The molecule has 6 heteroatoms. The Balaban J connectivity index is 1.75. The Morgan fingerprint density at radius 1 is 1.21 bits per heavy atom. The minimum absolute atomic E-state index is 0.193. The van der Waals surface area contributed by atoms with Crippen LogP contribution in [0, 0.1) is 12.3 Å². The van der Waals surface area contributed by atoms with E-state index in [0.717, 1.165) is 16.8 Å². The van der Waals surface area contributed by atoms with E-state index in [4.69, 9.17) is 9.15 Å². The third kappa shape index (κ3) is 4.88. The monoisotopic (exact) mass is 382 g/mol. The van der Waals surface area contributed by atoms with Crippen molar-refractivity contribution in [1.82, 2.24) is 5.01 Å². The third-order valence-corrected chi connectivity index (χ3v) is 4.45. The van der Waals surface area contributed by atoms with Crippen molar-refractivity contribution in [1.29, 1.82) is 0 Å². The summed E-state index contributed by atoms with van der Waals surface area (Å²) >= 11 is 0. The molecule has 3 rings (SSSR count). The van der Waals surface area contributed by atoms with Crippen LogP contribution >= 0.6 is 0 Å². The fourth-order valence-electron chi connectivity index (χ4n) is 3.06. The number of carbonyl (C=O) groups excluding carboxylic acids is 2. The average molecular weight is 382 g/mol. The van der Waals surface area contributed by atoms with Gasteiger partial charge in [0, 0.05) is 6.42 Å². The number of aryl methyl sites for hydroxylation is 1. The van der Waals surface area contributed by atoms with Gasteiger partial charge in [0.1, 0.15) is 11.8 Å². The second kappa shape index (κ2) is 8.00. The quantitative estimate of drug-likeness (QED) is 0.725. The molecule has 0 unspecified atom stereocenters. The Morgan fingerprint density at radius 2 is 1.93 bits per heavy atom. The first-order chi connectivity index (χ1) is 13.2. The molecule has 0 aliphatic carbocycles. The third-order valence-electron chi connectivity index (χ3n) is 4.45. The highest BCUT2D eigenvalue weighted by molar-refractivity contribution is 6.03. The molecule has 2 heterocycles. The summed E-state index contributed by atoms with van der Waals surface area (Å²) in [5.41, 5.74) is 2.72. The Bertz CT molecular complexity index is 861. The maximum absolute atomic E-state index is 12.8. The van der Waals surface area contributed by atoms with Crippen LogP contribution in [-0.4, -0.2) is 29.2 Å². The summed E-state index contributed by atoms with van der Waals surface area (Å²) in [7, 11) is 0. The molecule has 0 saturated carbocycles. The zero-order valence-corrected chi connectivity index (χ0v) is 16.8. The van der Waals surface area contributed by atoms with Gasteiger partial charge in [0.05, 0.1) is 18.4 Å². The number of furan rings is 1. The maximum atomic E-state index is 12.8. The summed E-state index contributed by atoms with van der Waals surface area (Å²) in [6.07, 6.45) is 2.36. The van der Waals surface area contributed by atoms with E-state index in [1.54, 1.807) is 12.3 Å². The number of esters is 1. The Hall–Kier alpha value is -2.89. The highest BCUT2D eigenvalue weighted by Crippen LogP contribution is 2.33. The van der Waals surface area contributed by atoms with Crippen molar-refractivity contribution in [2.75, 3.05) is 6.61 Å². The number of hydrogen-bond acceptors (Lipinski definition) is 5. The molecule has 6 nitrogen and oxygen atoms in total. The van der Waals surface area contributed by atoms with Crippen LogP contribution in [0.15, 0.2) is 52.2 Å². The summed E-state index contributed by atoms with van der Waals surface area (Å²) in [5, 5.41) is 5.90. The van der Waals surface area contributed by atoms with E-state index in [1.165, 1.54) is 5.01 Å². The van der Waals surface area contributed by atoms with Gasteiger partial charge in [-0.25, -0.2) is 5.01 Å². The molecule has 0 radical (unpaired) electrons. The van der Waals surface area contributed by atoms with Crippen molar-refractivity contribution in [3.8, 4) is 0 Å². The van der Waals surface area contributed by atoms with Crippen LogP contribution < -0.4 is 0 Å². The molecule has 2 aromatic rings. The van der Waals surface area contributed by atoms with Crippen LogP contribution in [0.4, 0.5) is 0 Å². The van der Waals surface area contributed by atoms with E-state index >= 15 is 0 Å². The van der Waals surface area contributed by atoms with Crippen molar-refractivity contribution in [2.24, 2.45) is 10.5 Å². The van der Waals surface area contributed by atoms with Gasteiger partial charge >= 0.3 is 5.97 Å². The van der Waals surface area contributed by atoms with Gasteiger partial charge in [0.25, 0.3) is 5.91 Å². The molecule has 1 aromatic carbocycles. The van der Waals surface area contributed by atoms with E-state index in [1.807, 2.05) is 58.0 Å². The van der Waals surface area contributed by atoms with Gasteiger partial charge in [0.2, 0.25) is 0 Å². The molecule has 1 aliphatic heterocycles. The maximum Gasteiger partial charge on any atom is 0.306 e. The molecule has 1 atom stereocenters. The molecule has 0 spiro atoms. The predicted molar refractivity (Wildman–Crippen MR) is 106 cm³/mol. The topological polar surface area (TPSA) is 72.1 Å². The number of rotatable bonds is 5. The number of amides is 1. The highest BCUT2D eigenvalue weighted by atomic mass is 16.5. The van der Waals surface area contributed by atoms with E-state index in [-0.39, 0.29) is 30.4 Å². The summed E-state index contributed by atoms with van der Waals surface area (Å²) < 4.78 is 10.7. The lowest BCUT2D eigenvalue weighted by atomic mass is 9.92. The van der Waals surface area contributed by atoms with Crippen molar-refractivity contribution < 1.29 is 18.7 Å². The average Bonchev–Trinajstić information content (AvgIpc) is 3.28. The van der Waals surface area contributed by atoms with Crippen molar-refractivity contribution in [2.45, 2.75) is 46.6 Å². The molecule has 0 fully saturated rings. The molecular weight excluding hydrogens is 356 g/mol. The number of ether oxygens (including phenoxy) is 1. The largest absolute Gasteiger partial charge is 0.467 e. The van der Waals surface area contributed by atoms with Crippen molar-refractivity contribution in [3.63, 3.8) is 0 Å². The first-order valence-electron chi connectivity index (χ1n) is 9.38. The zero-order chi connectivity index (χ0) is 20.3. The molecular formula is C22H26N2O4. The molecule has 1 aliphatic rings. The lowest BCUT2D eigenvalue weighted by molar-refractivity contribution is -0.154. The first kappa shape index (κ1) is 19.9. The minimum Gasteiger partial charge on any atom is -0.467 e. The van der Waals surface area contributed by atoms with E-state index in [0.29, 0.717) is 12.2 Å². The second-order valence-corrected chi connectivity index (χ2v) is 8.28. The Labute approximate surface area is 165 Å². The van der Waals surface area contributed by atoms with Gasteiger partial charge in [-0.2, -0.15) is 5.10 Å². The molecule has 0 N–H and O–H groups in total. The van der Waals surface area contributed by atoms with Crippen molar-refractivity contribution in [3.05, 3.63) is 59.5 Å². The molecule has 1 aromatic heterocycles. The van der Waals surface area contributed by atoms with Gasteiger partial charge in [-0.05, 0) is 30.0 Å². The van der Waals surface area contributed by atoms with E-state index < -0.39 is 5.97 Å². The highest BCUT2D eigenvalue weighted by Gasteiger charge is 2.35. The molecule has 148 valence electrons.